The standard InChI is InChI=1S/C22H22FNO3/c1-26-20-8-6-16(7-9-20)12-19-14-22(10-3-11-24(19)15-22)27-21(25)17-4-2-5-18(23)13-17/h2,4-9,12-13H,3,10-11,14-15H2,1H3/b19-12+. The molecule has 0 radical (unpaired) electrons. The average molecular weight is 367 g/mol. The van der Waals surface area contributed by atoms with Crippen LogP contribution in [0.4, 0.5) is 4.39 Å². The average Bonchev–Trinajstić information content (AvgIpc) is 2.91. The van der Waals surface area contributed by atoms with E-state index in [2.05, 4.69) is 11.0 Å². The molecule has 27 heavy (non-hydrogen) atoms. The number of hydrogen-bond acceptors (Lipinski definition) is 4. The highest BCUT2D eigenvalue weighted by molar-refractivity contribution is 5.89. The zero-order valence-corrected chi connectivity index (χ0v) is 15.3. The smallest absolute Gasteiger partial charge is 0.338 e. The van der Waals surface area contributed by atoms with E-state index in [4.69, 9.17) is 9.47 Å². The number of carbonyl (C=O) groups excluding carboxylic acids is 1. The molecule has 2 aliphatic heterocycles. The molecule has 2 saturated heterocycles. The molecule has 5 heteroatoms. The van der Waals surface area contributed by atoms with Gasteiger partial charge in [0.2, 0.25) is 0 Å². The van der Waals surface area contributed by atoms with E-state index in [-0.39, 0.29) is 5.56 Å². The molecular weight excluding hydrogens is 345 g/mol. The van der Waals surface area contributed by atoms with Gasteiger partial charge in [-0.05, 0) is 54.8 Å². The van der Waals surface area contributed by atoms with Crippen LogP contribution in [0.5, 0.6) is 5.75 Å². The van der Waals surface area contributed by atoms with Crippen molar-refractivity contribution in [3.63, 3.8) is 0 Å². The highest BCUT2D eigenvalue weighted by atomic mass is 19.1. The number of nitrogens with zero attached hydrogens (tertiary/aromatic N) is 1. The molecule has 4 rings (SSSR count). The molecule has 2 bridgehead atoms. The lowest BCUT2D eigenvalue weighted by atomic mass is 9.94. The Morgan fingerprint density at radius 2 is 2.04 bits per heavy atom. The van der Waals surface area contributed by atoms with Gasteiger partial charge in [-0.15, -0.1) is 0 Å². The van der Waals surface area contributed by atoms with Crippen LogP contribution < -0.4 is 4.74 Å². The molecule has 0 spiro atoms. The van der Waals surface area contributed by atoms with E-state index in [0.717, 1.165) is 30.7 Å². The van der Waals surface area contributed by atoms with Gasteiger partial charge in [0.1, 0.15) is 17.2 Å². The monoisotopic (exact) mass is 367 g/mol. The summed E-state index contributed by atoms with van der Waals surface area (Å²) >= 11 is 0. The minimum Gasteiger partial charge on any atom is -0.497 e. The molecule has 2 fully saturated rings. The largest absolute Gasteiger partial charge is 0.497 e. The van der Waals surface area contributed by atoms with E-state index in [9.17, 15) is 9.18 Å². The van der Waals surface area contributed by atoms with Crippen molar-refractivity contribution in [2.75, 3.05) is 20.2 Å². The predicted octanol–water partition coefficient (Wildman–Crippen LogP) is 4.27. The fourth-order valence-corrected chi connectivity index (χ4v) is 3.95. The van der Waals surface area contributed by atoms with Crippen LogP contribution in [0, 0.1) is 5.82 Å². The Morgan fingerprint density at radius 1 is 1.22 bits per heavy atom. The van der Waals surface area contributed by atoms with Crippen LogP contribution in [-0.2, 0) is 4.74 Å². The lowest BCUT2D eigenvalue weighted by molar-refractivity contribution is -0.0270. The van der Waals surface area contributed by atoms with Crippen LogP contribution >= 0.6 is 0 Å². The highest BCUT2D eigenvalue weighted by Crippen LogP contribution is 2.42. The van der Waals surface area contributed by atoms with Crippen LogP contribution in [0.3, 0.4) is 0 Å². The maximum absolute atomic E-state index is 13.4. The quantitative estimate of drug-likeness (QED) is 0.757. The molecule has 2 aromatic carbocycles. The van der Waals surface area contributed by atoms with Crippen LogP contribution in [0.2, 0.25) is 0 Å². The number of fused-ring (bicyclic) bond motifs is 2. The zero-order chi connectivity index (χ0) is 18.9. The molecule has 2 aromatic rings. The second-order valence-corrected chi connectivity index (χ2v) is 7.19. The summed E-state index contributed by atoms with van der Waals surface area (Å²) in [7, 11) is 1.65. The van der Waals surface area contributed by atoms with Crippen molar-refractivity contribution in [3.05, 3.63) is 71.2 Å². The third-order valence-electron chi connectivity index (χ3n) is 5.27. The second kappa shape index (κ2) is 7.06. The highest BCUT2D eigenvalue weighted by Gasteiger charge is 2.46. The van der Waals surface area contributed by atoms with Gasteiger partial charge in [-0.25, -0.2) is 9.18 Å². The minimum absolute atomic E-state index is 0.258. The Balaban J connectivity index is 1.53. The Labute approximate surface area is 158 Å². The summed E-state index contributed by atoms with van der Waals surface area (Å²) < 4.78 is 24.5. The summed E-state index contributed by atoms with van der Waals surface area (Å²) in [5.74, 6) is -0.0658. The van der Waals surface area contributed by atoms with Gasteiger partial charge in [0.15, 0.2) is 0 Å². The van der Waals surface area contributed by atoms with Crippen molar-refractivity contribution < 1.29 is 18.7 Å². The molecule has 0 aromatic heterocycles. The maximum atomic E-state index is 13.4. The van der Waals surface area contributed by atoms with Crippen LogP contribution in [0.25, 0.3) is 6.08 Å². The van der Waals surface area contributed by atoms with Gasteiger partial charge in [0.05, 0.1) is 19.2 Å². The van der Waals surface area contributed by atoms with Crippen molar-refractivity contribution in [2.45, 2.75) is 24.9 Å². The molecule has 0 aliphatic carbocycles. The van der Waals surface area contributed by atoms with Crippen molar-refractivity contribution in [2.24, 2.45) is 0 Å². The van der Waals surface area contributed by atoms with Gasteiger partial charge >= 0.3 is 5.97 Å². The van der Waals surface area contributed by atoms with Gasteiger partial charge in [0.25, 0.3) is 0 Å². The fraction of sp³-hybridized carbons (Fsp3) is 0.318. The minimum atomic E-state index is -0.528. The Kier molecular flexibility index (Phi) is 4.60. The van der Waals surface area contributed by atoms with Gasteiger partial charge in [0, 0.05) is 18.7 Å². The molecule has 0 saturated carbocycles. The van der Waals surface area contributed by atoms with E-state index in [1.54, 1.807) is 13.2 Å². The summed E-state index contributed by atoms with van der Waals surface area (Å²) in [6.45, 7) is 1.65. The van der Waals surface area contributed by atoms with E-state index in [0.29, 0.717) is 13.0 Å². The number of esters is 1. The molecule has 4 nitrogen and oxygen atoms in total. The van der Waals surface area contributed by atoms with E-state index >= 15 is 0 Å². The first kappa shape index (κ1) is 17.6. The summed E-state index contributed by atoms with van der Waals surface area (Å²) in [6.07, 6.45) is 4.61. The number of rotatable bonds is 4. The number of benzene rings is 2. The van der Waals surface area contributed by atoms with Crippen LogP contribution in [-0.4, -0.2) is 36.7 Å². The molecular formula is C22H22FNO3. The van der Waals surface area contributed by atoms with Gasteiger partial charge in [-0.2, -0.15) is 0 Å². The van der Waals surface area contributed by atoms with Crippen molar-refractivity contribution in [3.8, 4) is 5.75 Å². The summed E-state index contributed by atoms with van der Waals surface area (Å²) in [6, 6.07) is 13.6. The third-order valence-corrected chi connectivity index (χ3v) is 5.27. The van der Waals surface area contributed by atoms with E-state index in [1.165, 1.54) is 23.9 Å². The fourth-order valence-electron chi connectivity index (χ4n) is 3.95. The number of piperidine rings is 1. The molecule has 1 unspecified atom stereocenters. The molecule has 2 heterocycles. The van der Waals surface area contributed by atoms with Gasteiger partial charge < -0.3 is 14.4 Å². The number of ether oxygens (including phenoxy) is 2. The SMILES string of the molecule is COc1ccc(/C=C2\CC3(OC(=O)c4cccc(F)c4)CCCN2C3)cc1. The number of carbonyl (C=O) groups is 1. The normalized spacial score (nSPS) is 22.7. The van der Waals surface area contributed by atoms with Crippen LogP contribution in [0.15, 0.2) is 54.2 Å². The number of hydrogen-bond donors (Lipinski definition) is 0. The molecule has 1 atom stereocenters. The Bertz CT molecular complexity index is 877. The summed E-state index contributed by atoms with van der Waals surface area (Å²) in [5.41, 5.74) is 1.99. The zero-order valence-electron chi connectivity index (χ0n) is 15.3. The Morgan fingerprint density at radius 3 is 2.78 bits per heavy atom. The summed E-state index contributed by atoms with van der Waals surface area (Å²) in [4.78, 5) is 14.8. The molecule has 2 aliphatic rings. The third kappa shape index (κ3) is 3.68. The van der Waals surface area contributed by atoms with Crippen LogP contribution in [0.1, 0.15) is 35.2 Å². The van der Waals surface area contributed by atoms with Crippen molar-refractivity contribution >= 4 is 12.0 Å². The van der Waals surface area contributed by atoms with Gasteiger partial charge in [-0.1, -0.05) is 18.2 Å². The lowest BCUT2D eigenvalue weighted by Gasteiger charge is -2.33. The number of methoxy groups -OCH3 is 1. The first-order valence-electron chi connectivity index (χ1n) is 9.15. The first-order valence-corrected chi connectivity index (χ1v) is 9.15. The Hall–Kier alpha value is -2.82. The van der Waals surface area contributed by atoms with E-state index in [1.807, 2.05) is 24.3 Å². The lowest BCUT2D eigenvalue weighted by Crippen LogP contribution is -2.42. The van der Waals surface area contributed by atoms with Crippen molar-refractivity contribution in [1.82, 2.24) is 4.90 Å². The van der Waals surface area contributed by atoms with Gasteiger partial charge in [-0.3, -0.25) is 0 Å². The molecule has 0 amide bonds. The second-order valence-electron chi connectivity index (χ2n) is 7.19. The molecule has 140 valence electrons. The van der Waals surface area contributed by atoms with E-state index < -0.39 is 17.4 Å². The topological polar surface area (TPSA) is 38.8 Å². The summed E-state index contributed by atoms with van der Waals surface area (Å²) in [5, 5.41) is 0. The predicted molar refractivity (Wildman–Crippen MR) is 101 cm³/mol. The number of halogens is 1. The molecule has 0 N–H and O–H groups in total. The van der Waals surface area contributed by atoms with Crippen molar-refractivity contribution in [1.29, 1.82) is 0 Å². The maximum Gasteiger partial charge on any atom is 0.338 e. The first-order chi connectivity index (χ1) is 13.1.